The van der Waals surface area contributed by atoms with Crippen molar-refractivity contribution in [2.24, 2.45) is 0 Å². The van der Waals surface area contributed by atoms with Crippen molar-refractivity contribution in [3.8, 4) is 0 Å². The Bertz CT molecular complexity index is 846. The normalized spacial score (nSPS) is 23.4. The van der Waals surface area contributed by atoms with E-state index < -0.39 is 74.2 Å². The monoisotopic (exact) mass is 732 g/mol. The number of ether oxygens (including phenoxy) is 2. The highest BCUT2D eigenvalue weighted by atomic mass is 16.7. The number of hydrogen-bond donors (Lipinski definition) is 8. The summed E-state index contributed by atoms with van der Waals surface area (Å²) in [5.41, 5.74) is 0. The van der Waals surface area contributed by atoms with Gasteiger partial charge in [-0.2, -0.15) is 0 Å². The molecule has 1 heterocycles. The molecule has 1 aliphatic heterocycles. The lowest BCUT2D eigenvalue weighted by Crippen LogP contribution is -2.60. The number of unbranched alkanes of at least 4 members (excludes halogenated alkanes) is 19. The van der Waals surface area contributed by atoms with Gasteiger partial charge < -0.3 is 50.5 Å². The summed E-state index contributed by atoms with van der Waals surface area (Å²) in [6, 6.07) is -1.17. The Labute approximate surface area is 309 Å². The molecule has 0 saturated carbocycles. The average Bonchev–Trinajstić information content (AvgIpc) is 3.13. The van der Waals surface area contributed by atoms with Gasteiger partial charge in [0.2, 0.25) is 5.91 Å². The van der Waals surface area contributed by atoms with Crippen LogP contribution in [0.1, 0.15) is 168 Å². The maximum atomic E-state index is 13.0. The number of rotatable bonds is 33. The predicted octanol–water partition coefficient (Wildman–Crippen LogP) is 5.33. The van der Waals surface area contributed by atoms with Crippen LogP contribution in [0.5, 0.6) is 0 Å². The number of aliphatic hydroxyl groups excluding tert-OH is 7. The Balaban J connectivity index is 2.56. The van der Waals surface area contributed by atoms with Gasteiger partial charge in [-0.25, -0.2) is 0 Å². The van der Waals surface area contributed by atoms with Gasteiger partial charge in [0.25, 0.3) is 0 Å². The second-order valence-electron chi connectivity index (χ2n) is 14.7. The Kier molecular flexibility index (Phi) is 29.3. The second kappa shape index (κ2) is 31.2. The molecule has 1 saturated heterocycles. The lowest BCUT2D eigenvalue weighted by atomic mass is 9.98. The molecule has 0 aromatic carbocycles. The minimum atomic E-state index is -1.66. The molecular formula is C40H77NO10. The van der Waals surface area contributed by atoms with Crippen molar-refractivity contribution >= 4 is 5.91 Å². The molecule has 0 aromatic rings. The van der Waals surface area contributed by atoms with Gasteiger partial charge in [-0.15, -0.1) is 0 Å². The number of aliphatic hydroxyl groups is 7. The smallest absolute Gasteiger partial charge is 0.249 e. The maximum absolute atomic E-state index is 13.0. The Morgan fingerprint density at radius 3 is 1.67 bits per heavy atom. The fourth-order valence-corrected chi connectivity index (χ4v) is 6.55. The number of nitrogens with one attached hydrogen (secondary N) is 1. The van der Waals surface area contributed by atoms with Crippen molar-refractivity contribution < 1.29 is 50.0 Å². The molecule has 0 unspecified atom stereocenters. The molecule has 8 N–H and O–H groups in total. The van der Waals surface area contributed by atoms with Gasteiger partial charge in [0.1, 0.15) is 36.6 Å². The van der Waals surface area contributed by atoms with Crippen molar-refractivity contribution in [1.82, 2.24) is 5.32 Å². The van der Waals surface area contributed by atoms with Crippen molar-refractivity contribution in [3.05, 3.63) is 12.2 Å². The quantitative estimate of drug-likeness (QED) is 0.0324. The van der Waals surface area contributed by atoms with Gasteiger partial charge in [0.05, 0.1) is 25.4 Å². The minimum absolute atomic E-state index is 0.259. The Morgan fingerprint density at radius 1 is 0.667 bits per heavy atom. The highest BCUT2D eigenvalue weighted by molar-refractivity contribution is 5.80. The lowest BCUT2D eigenvalue weighted by Gasteiger charge is -2.40. The molecule has 9 atom stereocenters. The molecule has 51 heavy (non-hydrogen) atoms. The van der Waals surface area contributed by atoms with E-state index in [4.69, 9.17) is 9.47 Å². The third-order valence-corrected chi connectivity index (χ3v) is 10.1. The minimum Gasteiger partial charge on any atom is -0.394 e. The molecule has 0 aliphatic carbocycles. The van der Waals surface area contributed by atoms with Crippen LogP contribution in [0, 0.1) is 0 Å². The van der Waals surface area contributed by atoms with Crippen molar-refractivity contribution in [3.63, 3.8) is 0 Å². The summed E-state index contributed by atoms with van der Waals surface area (Å²) in [6.45, 7) is 3.38. The molecule has 1 amide bonds. The molecule has 1 fully saturated rings. The molecule has 1 rings (SSSR count). The van der Waals surface area contributed by atoms with Crippen LogP contribution in [0.4, 0.5) is 0 Å². The van der Waals surface area contributed by atoms with E-state index in [1.54, 1.807) is 0 Å². The van der Waals surface area contributed by atoms with E-state index in [1.807, 2.05) is 0 Å². The van der Waals surface area contributed by atoms with Crippen molar-refractivity contribution in [2.45, 2.75) is 223 Å². The molecule has 0 spiro atoms. The summed E-state index contributed by atoms with van der Waals surface area (Å²) in [6.07, 6.45) is 18.4. The standard InChI is InChI=1S/C40H77NO10/c1-3-5-7-9-11-13-15-17-19-21-23-25-27-32(43)35(45)31(30-50-40-38(48)37(47)36(46)34(29-42)51-40)41-39(49)33(44)28-26-24-22-20-18-16-14-12-10-8-6-4-2/h17,19,31-38,40,42-48H,3-16,18,20-30H2,1-2H3,(H,41,49)/t31-,32+,33+,34+,35-,36+,37-,38+,40+/m0/s1. The van der Waals surface area contributed by atoms with Crippen LogP contribution in [0.2, 0.25) is 0 Å². The van der Waals surface area contributed by atoms with E-state index in [9.17, 15) is 40.5 Å². The van der Waals surface area contributed by atoms with E-state index in [0.29, 0.717) is 12.8 Å². The van der Waals surface area contributed by atoms with Gasteiger partial charge >= 0.3 is 0 Å². The first-order valence-electron chi connectivity index (χ1n) is 20.6. The zero-order valence-corrected chi connectivity index (χ0v) is 32.1. The molecular weight excluding hydrogens is 654 g/mol. The molecule has 0 aromatic heterocycles. The largest absolute Gasteiger partial charge is 0.394 e. The van der Waals surface area contributed by atoms with E-state index in [2.05, 4.69) is 31.3 Å². The fourth-order valence-electron chi connectivity index (χ4n) is 6.55. The summed E-state index contributed by atoms with van der Waals surface area (Å²) >= 11 is 0. The number of carbonyl (C=O) groups excluding carboxylic acids is 1. The third kappa shape index (κ3) is 22.0. The number of hydrogen-bond acceptors (Lipinski definition) is 10. The van der Waals surface area contributed by atoms with Crippen LogP contribution in [0.15, 0.2) is 12.2 Å². The molecule has 11 nitrogen and oxygen atoms in total. The van der Waals surface area contributed by atoms with Crippen molar-refractivity contribution in [2.75, 3.05) is 13.2 Å². The summed E-state index contributed by atoms with van der Waals surface area (Å²) < 4.78 is 11.0. The fraction of sp³-hybridized carbons (Fsp3) is 0.925. The van der Waals surface area contributed by atoms with Crippen LogP contribution in [-0.4, -0.2) is 110 Å². The first kappa shape index (κ1) is 47.9. The lowest BCUT2D eigenvalue weighted by molar-refractivity contribution is -0.303. The number of amides is 1. The number of carbonyl (C=O) groups is 1. The summed E-state index contributed by atoms with van der Waals surface area (Å²) in [5, 5.41) is 75.2. The van der Waals surface area contributed by atoms with Gasteiger partial charge in [-0.05, 0) is 38.5 Å². The van der Waals surface area contributed by atoms with Gasteiger partial charge in [0, 0.05) is 0 Å². The Hall–Kier alpha value is -1.15. The van der Waals surface area contributed by atoms with E-state index >= 15 is 0 Å². The van der Waals surface area contributed by atoms with Crippen LogP contribution < -0.4 is 5.32 Å². The van der Waals surface area contributed by atoms with Gasteiger partial charge in [-0.1, -0.05) is 142 Å². The first-order chi connectivity index (χ1) is 24.7. The third-order valence-electron chi connectivity index (χ3n) is 10.1. The molecule has 11 heteroatoms. The van der Waals surface area contributed by atoms with E-state index in [-0.39, 0.29) is 12.8 Å². The predicted molar refractivity (Wildman–Crippen MR) is 201 cm³/mol. The SMILES string of the molecule is CCCCCCCCC=CCCCC[C@@H](O)[C@@H](O)[C@H](CO[C@@H]1O[C@H](CO)[C@@H](O)[C@H](O)[C@H]1O)NC(=O)[C@H](O)CCCCCCCCCCCCCC. The zero-order chi connectivity index (χ0) is 37.7. The average molecular weight is 732 g/mol. The van der Waals surface area contributed by atoms with Crippen LogP contribution >= 0.6 is 0 Å². The maximum Gasteiger partial charge on any atom is 0.249 e. The topological polar surface area (TPSA) is 189 Å². The van der Waals surface area contributed by atoms with Crippen LogP contribution in [0.25, 0.3) is 0 Å². The molecule has 0 bridgehead atoms. The van der Waals surface area contributed by atoms with E-state index in [0.717, 1.165) is 38.5 Å². The van der Waals surface area contributed by atoms with Crippen molar-refractivity contribution in [1.29, 1.82) is 0 Å². The second-order valence-corrected chi connectivity index (χ2v) is 14.7. The zero-order valence-electron chi connectivity index (χ0n) is 32.1. The van der Waals surface area contributed by atoms with Gasteiger partial charge in [0.15, 0.2) is 6.29 Å². The summed E-state index contributed by atoms with van der Waals surface area (Å²) in [4.78, 5) is 13.0. The highest BCUT2D eigenvalue weighted by Gasteiger charge is 2.44. The van der Waals surface area contributed by atoms with Crippen LogP contribution in [-0.2, 0) is 14.3 Å². The summed E-state index contributed by atoms with van der Waals surface area (Å²) in [5.74, 6) is -0.706. The molecule has 302 valence electrons. The molecule has 1 aliphatic rings. The highest BCUT2D eigenvalue weighted by Crippen LogP contribution is 2.23. The molecule has 0 radical (unpaired) electrons. The number of allylic oxidation sites excluding steroid dienone is 2. The van der Waals surface area contributed by atoms with Crippen LogP contribution in [0.3, 0.4) is 0 Å². The summed E-state index contributed by atoms with van der Waals surface area (Å²) in [7, 11) is 0. The first-order valence-corrected chi connectivity index (χ1v) is 20.6. The Morgan fingerprint density at radius 2 is 1.14 bits per heavy atom. The van der Waals surface area contributed by atoms with E-state index in [1.165, 1.54) is 89.9 Å². The van der Waals surface area contributed by atoms with Gasteiger partial charge in [-0.3, -0.25) is 4.79 Å².